The van der Waals surface area contributed by atoms with Crippen molar-refractivity contribution in [2.75, 3.05) is 0 Å². The fourth-order valence-corrected chi connectivity index (χ4v) is 12.5. The third kappa shape index (κ3) is 8.38. The van der Waals surface area contributed by atoms with Crippen LogP contribution in [0.1, 0.15) is 22.6 Å². The zero-order valence-electron chi connectivity index (χ0n) is 44.0. The smallest absolute Gasteiger partial charge is 0.143 e. The Labute approximate surface area is 465 Å². The molecule has 1 atom stereocenters. The van der Waals surface area contributed by atoms with Crippen LogP contribution < -0.4 is 0 Å². The van der Waals surface area contributed by atoms with E-state index >= 15 is 0 Å². The summed E-state index contributed by atoms with van der Waals surface area (Å²) in [5.41, 5.74) is 23.3. The minimum Gasteiger partial charge on any atom is -0.455 e. The molecule has 376 valence electrons. The molecule has 0 saturated heterocycles. The summed E-state index contributed by atoms with van der Waals surface area (Å²) in [6.07, 6.45) is 0.834. The van der Waals surface area contributed by atoms with Crippen LogP contribution in [0, 0.1) is 0 Å². The molecule has 1 unspecified atom stereocenters. The van der Waals surface area contributed by atoms with Crippen molar-refractivity contribution in [2.24, 2.45) is 0 Å². The quantitative estimate of drug-likeness (QED) is 0.126. The highest BCUT2D eigenvalue weighted by atomic mass is 16.3. The van der Waals surface area contributed by atoms with Crippen LogP contribution in [0.15, 0.2) is 308 Å². The minimum atomic E-state index is 0.0800. The van der Waals surface area contributed by atoms with Gasteiger partial charge in [0.1, 0.15) is 11.2 Å². The molecule has 0 amide bonds. The van der Waals surface area contributed by atoms with Crippen molar-refractivity contribution in [3.05, 3.63) is 320 Å². The first kappa shape index (κ1) is 47.0. The van der Waals surface area contributed by atoms with Crippen molar-refractivity contribution in [1.29, 1.82) is 0 Å². The van der Waals surface area contributed by atoms with Gasteiger partial charge in [-0.1, -0.05) is 261 Å². The van der Waals surface area contributed by atoms with Gasteiger partial charge in [-0.15, -0.1) is 0 Å². The van der Waals surface area contributed by atoms with Crippen LogP contribution >= 0.6 is 0 Å². The van der Waals surface area contributed by atoms with Crippen molar-refractivity contribution in [3.63, 3.8) is 0 Å². The highest BCUT2D eigenvalue weighted by Crippen LogP contribution is 2.45. The molecule has 0 radical (unpaired) electrons. The summed E-state index contributed by atoms with van der Waals surface area (Å²) in [4.78, 5) is 0. The molecule has 0 N–H and O–H groups in total. The number of furan rings is 1. The van der Waals surface area contributed by atoms with E-state index < -0.39 is 0 Å². The minimum absolute atomic E-state index is 0.0800. The van der Waals surface area contributed by atoms with Gasteiger partial charge in [0.2, 0.25) is 0 Å². The Morgan fingerprint density at radius 3 is 1.41 bits per heavy atom. The molecule has 0 fully saturated rings. The van der Waals surface area contributed by atoms with Crippen LogP contribution in [-0.4, -0.2) is 4.57 Å². The average Bonchev–Trinajstić information content (AvgIpc) is 4.21. The van der Waals surface area contributed by atoms with Crippen LogP contribution in [0.5, 0.6) is 0 Å². The van der Waals surface area contributed by atoms with E-state index in [1.807, 2.05) is 6.07 Å². The van der Waals surface area contributed by atoms with Gasteiger partial charge in [-0.25, -0.2) is 0 Å². The molecule has 2 heteroatoms. The second-order valence-electron chi connectivity index (χ2n) is 21.1. The monoisotopic (exact) mass is 1020 g/mol. The zero-order valence-corrected chi connectivity index (χ0v) is 44.0. The summed E-state index contributed by atoms with van der Waals surface area (Å²) in [5.74, 6) is 0.0800. The van der Waals surface area contributed by atoms with Gasteiger partial charge in [-0.2, -0.15) is 0 Å². The third-order valence-corrected chi connectivity index (χ3v) is 16.5. The maximum Gasteiger partial charge on any atom is 0.143 e. The lowest BCUT2D eigenvalue weighted by molar-refractivity contribution is 0.670. The topological polar surface area (TPSA) is 18.1 Å². The van der Waals surface area contributed by atoms with E-state index in [0.29, 0.717) is 0 Å². The lowest BCUT2D eigenvalue weighted by Crippen LogP contribution is -2.05. The number of nitrogens with zero attached hydrogens (tertiary/aromatic N) is 1. The fraction of sp³-hybridized carbons (Fsp3) is 0.0256. The largest absolute Gasteiger partial charge is 0.455 e. The van der Waals surface area contributed by atoms with Crippen molar-refractivity contribution in [2.45, 2.75) is 12.3 Å². The number of benzene rings is 13. The second-order valence-corrected chi connectivity index (χ2v) is 21.1. The predicted molar refractivity (Wildman–Crippen MR) is 337 cm³/mol. The Morgan fingerprint density at radius 2 is 0.762 bits per heavy atom. The van der Waals surface area contributed by atoms with Crippen LogP contribution in [0.4, 0.5) is 0 Å². The van der Waals surface area contributed by atoms with Crippen molar-refractivity contribution in [1.82, 2.24) is 4.57 Å². The summed E-state index contributed by atoms with van der Waals surface area (Å²) in [7, 11) is 0. The summed E-state index contributed by atoms with van der Waals surface area (Å²) < 4.78 is 8.92. The van der Waals surface area contributed by atoms with Gasteiger partial charge >= 0.3 is 0 Å². The molecule has 2 aromatic heterocycles. The molecule has 0 aliphatic rings. The van der Waals surface area contributed by atoms with Crippen LogP contribution in [0.25, 0.3) is 127 Å². The van der Waals surface area contributed by atoms with Gasteiger partial charge in [0, 0.05) is 38.7 Å². The van der Waals surface area contributed by atoms with E-state index in [1.165, 1.54) is 99.3 Å². The molecule has 80 heavy (non-hydrogen) atoms. The first-order chi connectivity index (χ1) is 39.7. The van der Waals surface area contributed by atoms with Crippen molar-refractivity contribution >= 4 is 54.5 Å². The second kappa shape index (κ2) is 19.9. The normalized spacial score (nSPS) is 12.0. The number of aromatic nitrogens is 1. The lowest BCUT2D eigenvalue weighted by Gasteiger charge is -2.22. The molecule has 15 aromatic rings. The van der Waals surface area contributed by atoms with Crippen LogP contribution in [0.3, 0.4) is 0 Å². The van der Waals surface area contributed by atoms with Gasteiger partial charge < -0.3 is 8.98 Å². The average molecular weight is 1020 g/mol. The summed E-state index contributed by atoms with van der Waals surface area (Å²) in [6.45, 7) is 0. The summed E-state index contributed by atoms with van der Waals surface area (Å²) in [6, 6.07) is 111. The summed E-state index contributed by atoms with van der Waals surface area (Å²) >= 11 is 0. The molecule has 0 spiro atoms. The fourth-order valence-electron chi connectivity index (χ4n) is 12.5. The number of rotatable bonds is 11. The number of para-hydroxylation sites is 4. The highest BCUT2D eigenvalue weighted by molar-refractivity contribution is 6.10. The Kier molecular flexibility index (Phi) is 11.7. The van der Waals surface area contributed by atoms with Crippen LogP contribution in [-0.2, 0) is 6.42 Å². The number of hydrogen-bond acceptors (Lipinski definition) is 1. The molecule has 0 aliphatic carbocycles. The van der Waals surface area contributed by atoms with Gasteiger partial charge in [-0.05, 0) is 138 Å². The number of fused-ring (bicyclic) bond motifs is 7. The Bertz CT molecular complexity index is 4680. The Hall–Kier alpha value is -10.3. The molecule has 2 heterocycles. The molecule has 0 bridgehead atoms. The first-order valence-electron chi connectivity index (χ1n) is 27.7. The van der Waals surface area contributed by atoms with E-state index in [4.69, 9.17) is 4.42 Å². The standard InChI is InChI=1S/C78H53NO/c1-3-17-53(18-4-1)62-50-72(77(61-20-5-2-6-21-61)73(51-62)60-45-47-63(48-46-60)79-74-30-12-9-24-67(74)68-25-10-13-31-75(68)79)59-43-41-58(42-44-59)71(49-52-33-35-55(36-34-52)65-27-15-22-54-19-7-8-23-64(54)65)57-39-37-56(38-40-57)66-28-16-29-70-69-26-11-14-32-76(69)80-78(66)70/h1-48,50-51,71H,49H2. The zero-order chi connectivity index (χ0) is 52.9. The van der Waals surface area contributed by atoms with Gasteiger partial charge in [0.05, 0.1) is 11.0 Å². The van der Waals surface area contributed by atoms with E-state index in [1.54, 1.807) is 0 Å². The van der Waals surface area contributed by atoms with Gasteiger partial charge in [-0.3, -0.25) is 0 Å². The molecule has 2 nitrogen and oxygen atoms in total. The Balaban J connectivity index is 0.842. The molecule has 13 aromatic carbocycles. The first-order valence-corrected chi connectivity index (χ1v) is 27.7. The lowest BCUT2D eigenvalue weighted by atomic mass is 9.82. The number of hydrogen-bond donors (Lipinski definition) is 0. The highest BCUT2D eigenvalue weighted by Gasteiger charge is 2.22. The van der Waals surface area contributed by atoms with Gasteiger partial charge in [0.15, 0.2) is 0 Å². The van der Waals surface area contributed by atoms with Crippen LogP contribution in [0.2, 0.25) is 0 Å². The molecule has 0 saturated carbocycles. The maximum absolute atomic E-state index is 6.52. The van der Waals surface area contributed by atoms with E-state index in [9.17, 15) is 0 Å². The van der Waals surface area contributed by atoms with Crippen molar-refractivity contribution < 1.29 is 4.42 Å². The molecule has 15 rings (SSSR count). The Morgan fingerprint density at radius 1 is 0.300 bits per heavy atom. The SMILES string of the molecule is c1ccc(-c2cc(-c3ccc(C(Cc4ccc(-c5cccc6ccccc56)cc4)c4ccc(-c5cccc6c5oc5ccccc56)cc4)cc3)c(-c3ccccc3)c(-c3ccc(-n4c5ccccc5c5ccccc54)cc3)c2)cc1. The summed E-state index contributed by atoms with van der Waals surface area (Å²) in [5, 5.41) is 7.31. The molecule has 0 aliphatic heterocycles. The van der Waals surface area contributed by atoms with E-state index in [2.05, 4.69) is 302 Å². The van der Waals surface area contributed by atoms with E-state index in [0.717, 1.165) is 50.7 Å². The molecular weight excluding hydrogens is 967 g/mol. The predicted octanol–water partition coefficient (Wildman–Crippen LogP) is 21.2. The van der Waals surface area contributed by atoms with Crippen molar-refractivity contribution in [3.8, 4) is 72.4 Å². The third-order valence-electron chi connectivity index (χ3n) is 16.5. The van der Waals surface area contributed by atoms with Gasteiger partial charge in [0.25, 0.3) is 0 Å². The molecular formula is C78H53NO. The van der Waals surface area contributed by atoms with E-state index in [-0.39, 0.29) is 5.92 Å². The maximum atomic E-state index is 6.52.